The zero-order chi connectivity index (χ0) is 14.1. The smallest absolute Gasteiger partial charge is 0.225 e. The molecule has 0 aliphatic carbocycles. The van der Waals surface area contributed by atoms with Crippen molar-refractivity contribution in [3.05, 3.63) is 35.9 Å². The largest absolute Gasteiger partial charge is 0.380 e. The summed E-state index contributed by atoms with van der Waals surface area (Å²) in [6.07, 6.45) is 1.10. The Morgan fingerprint density at radius 3 is 2.58 bits per heavy atom. The van der Waals surface area contributed by atoms with Gasteiger partial charge in [0.15, 0.2) is 0 Å². The lowest BCUT2D eigenvalue weighted by molar-refractivity contribution is -0.134. The lowest BCUT2D eigenvalue weighted by Gasteiger charge is -2.24. The minimum atomic E-state index is -0.192. The van der Waals surface area contributed by atoms with Crippen molar-refractivity contribution in [3.8, 4) is 0 Å². The average molecular weight is 264 g/mol. The molecular formula is C15H24N2O2. The van der Waals surface area contributed by atoms with E-state index in [0.717, 1.165) is 18.5 Å². The number of carbonyl (C=O) groups is 1. The highest BCUT2D eigenvalue weighted by Gasteiger charge is 2.17. The maximum Gasteiger partial charge on any atom is 0.225 e. The Balaban J connectivity index is 2.63. The van der Waals surface area contributed by atoms with Crippen LogP contribution in [-0.2, 0) is 16.1 Å². The summed E-state index contributed by atoms with van der Waals surface area (Å²) < 4.78 is 5.18. The van der Waals surface area contributed by atoms with Gasteiger partial charge in [-0.15, -0.1) is 0 Å². The lowest BCUT2D eigenvalue weighted by atomic mass is 10.1. The molecule has 0 saturated carbocycles. The van der Waals surface area contributed by atoms with Crippen LogP contribution in [0.25, 0.3) is 0 Å². The average Bonchev–Trinajstić information content (AvgIpc) is 2.45. The highest BCUT2D eigenvalue weighted by atomic mass is 16.5. The predicted molar refractivity (Wildman–Crippen MR) is 76.6 cm³/mol. The molecule has 0 fully saturated rings. The van der Waals surface area contributed by atoms with Gasteiger partial charge in [-0.3, -0.25) is 4.79 Å². The van der Waals surface area contributed by atoms with E-state index in [2.05, 4.69) is 6.92 Å². The summed E-state index contributed by atoms with van der Waals surface area (Å²) in [5, 5.41) is 0. The van der Waals surface area contributed by atoms with Crippen LogP contribution in [0.15, 0.2) is 30.3 Å². The second kappa shape index (κ2) is 8.67. The summed E-state index contributed by atoms with van der Waals surface area (Å²) in [5.74, 6) is 0.100. The van der Waals surface area contributed by atoms with E-state index >= 15 is 0 Å². The fourth-order valence-corrected chi connectivity index (χ4v) is 1.95. The lowest BCUT2D eigenvalue weighted by Crippen LogP contribution is -2.36. The summed E-state index contributed by atoms with van der Waals surface area (Å²) in [6.45, 7) is 3.85. The normalized spacial score (nSPS) is 12.2. The van der Waals surface area contributed by atoms with Crippen LogP contribution in [0.5, 0.6) is 0 Å². The number of hydrogen-bond acceptors (Lipinski definition) is 3. The van der Waals surface area contributed by atoms with Crippen molar-refractivity contribution in [2.75, 3.05) is 20.2 Å². The molecule has 2 N–H and O–H groups in total. The maximum absolute atomic E-state index is 12.3. The molecule has 0 spiro atoms. The third kappa shape index (κ3) is 5.41. The van der Waals surface area contributed by atoms with E-state index in [1.165, 1.54) is 0 Å². The van der Waals surface area contributed by atoms with Crippen LogP contribution in [0.1, 0.15) is 25.3 Å². The van der Waals surface area contributed by atoms with E-state index in [9.17, 15) is 4.79 Å². The van der Waals surface area contributed by atoms with Crippen LogP contribution in [0.4, 0.5) is 0 Å². The molecule has 0 saturated heterocycles. The molecule has 1 atom stereocenters. The summed E-state index contributed by atoms with van der Waals surface area (Å²) >= 11 is 0. The fourth-order valence-electron chi connectivity index (χ4n) is 1.95. The van der Waals surface area contributed by atoms with E-state index in [-0.39, 0.29) is 12.0 Å². The van der Waals surface area contributed by atoms with E-state index in [4.69, 9.17) is 10.5 Å². The summed E-state index contributed by atoms with van der Waals surface area (Å²) in [5.41, 5.74) is 6.71. The molecule has 1 aromatic carbocycles. The van der Waals surface area contributed by atoms with Gasteiger partial charge < -0.3 is 15.4 Å². The van der Waals surface area contributed by atoms with Gasteiger partial charge >= 0.3 is 0 Å². The Labute approximate surface area is 115 Å². The van der Waals surface area contributed by atoms with Crippen molar-refractivity contribution in [1.82, 2.24) is 4.90 Å². The van der Waals surface area contributed by atoms with Crippen LogP contribution in [0.2, 0.25) is 0 Å². The highest BCUT2D eigenvalue weighted by Crippen LogP contribution is 2.08. The number of hydrogen-bond donors (Lipinski definition) is 1. The monoisotopic (exact) mass is 264 g/mol. The number of rotatable bonds is 8. The van der Waals surface area contributed by atoms with Crippen molar-refractivity contribution >= 4 is 5.91 Å². The summed E-state index contributed by atoms with van der Waals surface area (Å²) in [6, 6.07) is 10.0. The Morgan fingerprint density at radius 2 is 2.05 bits per heavy atom. The van der Waals surface area contributed by atoms with Crippen LogP contribution >= 0.6 is 0 Å². The second-order valence-corrected chi connectivity index (χ2v) is 4.60. The molecule has 0 heterocycles. The molecule has 1 unspecified atom stereocenters. The van der Waals surface area contributed by atoms with Crippen molar-refractivity contribution in [2.24, 2.45) is 5.73 Å². The number of carbonyl (C=O) groups excluding carboxylic acids is 1. The topological polar surface area (TPSA) is 55.6 Å². The van der Waals surface area contributed by atoms with Gasteiger partial charge in [0.25, 0.3) is 0 Å². The maximum atomic E-state index is 12.3. The van der Waals surface area contributed by atoms with Crippen LogP contribution in [0.3, 0.4) is 0 Å². The first-order chi connectivity index (χ1) is 9.21. The van der Waals surface area contributed by atoms with E-state index in [1.807, 2.05) is 35.2 Å². The number of nitrogens with zero attached hydrogens (tertiary/aromatic N) is 1. The molecule has 0 radical (unpaired) electrons. The highest BCUT2D eigenvalue weighted by molar-refractivity contribution is 5.76. The molecule has 1 aromatic rings. The third-order valence-corrected chi connectivity index (χ3v) is 3.06. The van der Waals surface area contributed by atoms with Crippen LogP contribution in [0, 0.1) is 0 Å². The van der Waals surface area contributed by atoms with Crippen molar-refractivity contribution < 1.29 is 9.53 Å². The minimum Gasteiger partial charge on any atom is -0.380 e. The zero-order valence-corrected chi connectivity index (χ0v) is 11.8. The summed E-state index contributed by atoms with van der Waals surface area (Å²) in [7, 11) is 1.59. The van der Waals surface area contributed by atoms with E-state index < -0.39 is 0 Å². The van der Waals surface area contributed by atoms with Crippen LogP contribution in [-0.4, -0.2) is 37.1 Å². The van der Waals surface area contributed by atoms with Crippen LogP contribution < -0.4 is 5.73 Å². The van der Waals surface area contributed by atoms with Gasteiger partial charge in [0.05, 0.1) is 12.5 Å². The van der Waals surface area contributed by atoms with E-state index in [0.29, 0.717) is 19.5 Å². The second-order valence-electron chi connectivity index (χ2n) is 4.60. The number of benzene rings is 1. The van der Waals surface area contributed by atoms with Gasteiger partial charge in [-0.05, 0) is 12.0 Å². The number of methoxy groups -OCH3 is 1. The molecule has 1 amide bonds. The quantitative estimate of drug-likeness (QED) is 0.779. The van der Waals surface area contributed by atoms with Crippen molar-refractivity contribution in [1.29, 1.82) is 0 Å². The first kappa shape index (κ1) is 15.7. The van der Waals surface area contributed by atoms with Gasteiger partial charge in [-0.25, -0.2) is 0 Å². The molecule has 106 valence electrons. The molecule has 0 aliphatic rings. The fraction of sp³-hybridized carbons (Fsp3) is 0.533. The van der Waals surface area contributed by atoms with Gasteiger partial charge in [0.1, 0.15) is 0 Å². The van der Waals surface area contributed by atoms with Gasteiger partial charge in [-0.2, -0.15) is 0 Å². The Hall–Kier alpha value is -1.39. The first-order valence-corrected chi connectivity index (χ1v) is 6.75. The molecule has 0 bridgehead atoms. The Bertz CT molecular complexity index is 364. The molecule has 4 nitrogen and oxygen atoms in total. The Kier molecular flexibility index (Phi) is 7.15. The van der Waals surface area contributed by atoms with Gasteiger partial charge in [0.2, 0.25) is 5.91 Å². The molecule has 1 rings (SSSR count). The minimum absolute atomic E-state index is 0.100. The predicted octanol–water partition coefficient (Wildman–Crippen LogP) is 1.79. The standard InChI is InChI=1S/C15H24N2O2/c1-3-9-17(12-13-7-5-4-6-8-13)15(18)10-14(11-16)19-2/h4-8,14H,3,9-12,16H2,1-2H3. The first-order valence-electron chi connectivity index (χ1n) is 6.75. The molecular weight excluding hydrogens is 240 g/mol. The van der Waals surface area contributed by atoms with Gasteiger partial charge in [0, 0.05) is 26.7 Å². The number of amides is 1. The van der Waals surface area contributed by atoms with Gasteiger partial charge in [-0.1, -0.05) is 37.3 Å². The SMILES string of the molecule is CCCN(Cc1ccccc1)C(=O)CC(CN)OC. The molecule has 4 heteroatoms. The molecule has 0 aromatic heterocycles. The van der Waals surface area contributed by atoms with E-state index in [1.54, 1.807) is 7.11 Å². The Morgan fingerprint density at radius 1 is 1.37 bits per heavy atom. The number of nitrogens with two attached hydrogens (primary N) is 1. The number of ether oxygens (including phenoxy) is 1. The molecule has 0 aliphatic heterocycles. The van der Waals surface area contributed by atoms with Crippen molar-refractivity contribution in [2.45, 2.75) is 32.4 Å². The summed E-state index contributed by atoms with van der Waals surface area (Å²) in [4.78, 5) is 14.1. The van der Waals surface area contributed by atoms with Crippen molar-refractivity contribution in [3.63, 3.8) is 0 Å². The molecule has 19 heavy (non-hydrogen) atoms. The zero-order valence-electron chi connectivity index (χ0n) is 11.8. The third-order valence-electron chi connectivity index (χ3n) is 3.06.